The Kier molecular flexibility index (Phi) is 7.42. The lowest BCUT2D eigenvalue weighted by atomic mass is 10.2. The number of nitrogens with one attached hydrogen (secondary N) is 2. The molecule has 0 bridgehead atoms. The summed E-state index contributed by atoms with van der Waals surface area (Å²) in [5.41, 5.74) is 0.582. The molecule has 5 nitrogen and oxygen atoms in total. The van der Waals surface area contributed by atoms with Crippen LogP contribution in [0.4, 0.5) is 0 Å². The van der Waals surface area contributed by atoms with Crippen molar-refractivity contribution in [2.75, 3.05) is 18.8 Å². The maximum atomic E-state index is 11.7. The van der Waals surface area contributed by atoms with Gasteiger partial charge in [-0.25, -0.2) is 0 Å². The van der Waals surface area contributed by atoms with Gasteiger partial charge in [0.2, 0.25) is 5.91 Å². The van der Waals surface area contributed by atoms with E-state index in [4.69, 9.17) is 0 Å². The fourth-order valence-electron chi connectivity index (χ4n) is 1.43. The summed E-state index contributed by atoms with van der Waals surface area (Å²) in [6.45, 7) is 2.23. The SMILES string of the molecule is CC(=O)NCCSC(=O)CCNC(=O)c1ccccc1. The van der Waals surface area contributed by atoms with Crippen molar-refractivity contribution in [2.45, 2.75) is 13.3 Å². The van der Waals surface area contributed by atoms with Gasteiger partial charge in [-0.3, -0.25) is 14.4 Å². The maximum absolute atomic E-state index is 11.7. The highest BCUT2D eigenvalue weighted by Gasteiger charge is 2.06. The zero-order valence-electron chi connectivity index (χ0n) is 11.3. The largest absolute Gasteiger partial charge is 0.356 e. The lowest BCUT2D eigenvalue weighted by molar-refractivity contribution is -0.118. The van der Waals surface area contributed by atoms with Crippen LogP contribution >= 0.6 is 11.8 Å². The summed E-state index contributed by atoms with van der Waals surface area (Å²) in [6, 6.07) is 8.86. The van der Waals surface area contributed by atoms with Crippen LogP contribution in [0.3, 0.4) is 0 Å². The van der Waals surface area contributed by atoms with Gasteiger partial charge in [0.25, 0.3) is 5.91 Å². The molecule has 1 aromatic carbocycles. The van der Waals surface area contributed by atoms with Crippen LogP contribution in [0.2, 0.25) is 0 Å². The van der Waals surface area contributed by atoms with E-state index in [1.165, 1.54) is 6.92 Å². The van der Waals surface area contributed by atoms with E-state index in [2.05, 4.69) is 10.6 Å². The molecule has 1 aromatic rings. The van der Waals surface area contributed by atoms with Gasteiger partial charge < -0.3 is 10.6 Å². The molecule has 0 saturated heterocycles. The number of hydrogen-bond donors (Lipinski definition) is 2. The fraction of sp³-hybridized carbons (Fsp3) is 0.357. The van der Waals surface area contributed by atoms with E-state index in [1.54, 1.807) is 24.3 Å². The van der Waals surface area contributed by atoms with Crippen molar-refractivity contribution in [2.24, 2.45) is 0 Å². The molecule has 6 heteroatoms. The Morgan fingerprint density at radius 3 is 2.40 bits per heavy atom. The van der Waals surface area contributed by atoms with Gasteiger partial charge in [0.15, 0.2) is 5.12 Å². The molecule has 0 atom stereocenters. The molecular weight excluding hydrogens is 276 g/mol. The van der Waals surface area contributed by atoms with E-state index in [0.717, 1.165) is 11.8 Å². The quantitative estimate of drug-likeness (QED) is 0.741. The lowest BCUT2D eigenvalue weighted by Crippen LogP contribution is -2.26. The minimum absolute atomic E-state index is 0.00344. The van der Waals surface area contributed by atoms with E-state index < -0.39 is 0 Å². The number of carbonyl (C=O) groups excluding carboxylic acids is 3. The van der Waals surface area contributed by atoms with E-state index in [9.17, 15) is 14.4 Å². The Bertz CT molecular complexity index is 463. The second kappa shape index (κ2) is 9.14. The van der Waals surface area contributed by atoms with Crippen LogP contribution in [-0.4, -0.2) is 35.8 Å². The Morgan fingerprint density at radius 1 is 1.05 bits per heavy atom. The zero-order chi connectivity index (χ0) is 14.8. The van der Waals surface area contributed by atoms with E-state index in [0.29, 0.717) is 24.4 Å². The number of amides is 2. The standard InChI is InChI=1S/C14H18N2O3S/c1-11(17)15-9-10-20-13(18)7-8-16-14(19)12-5-3-2-4-6-12/h2-6H,7-10H2,1H3,(H,15,17)(H,16,19). The van der Waals surface area contributed by atoms with Crippen LogP contribution in [0, 0.1) is 0 Å². The van der Waals surface area contributed by atoms with Crippen molar-refractivity contribution in [3.05, 3.63) is 35.9 Å². The molecule has 0 aromatic heterocycles. The average molecular weight is 294 g/mol. The molecule has 0 aliphatic rings. The fourth-order valence-corrected chi connectivity index (χ4v) is 2.11. The average Bonchev–Trinajstić information content (AvgIpc) is 2.44. The Labute approximate surface area is 122 Å². The maximum Gasteiger partial charge on any atom is 0.251 e. The Hall–Kier alpha value is -1.82. The van der Waals surface area contributed by atoms with Gasteiger partial charge >= 0.3 is 0 Å². The second-order valence-electron chi connectivity index (χ2n) is 4.08. The van der Waals surface area contributed by atoms with E-state index >= 15 is 0 Å². The summed E-state index contributed by atoms with van der Waals surface area (Å²) < 4.78 is 0. The van der Waals surface area contributed by atoms with Crippen LogP contribution in [0.15, 0.2) is 30.3 Å². The molecule has 0 heterocycles. The molecule has 0 spiro atoms. The van der Waals surface area contributed by atoms with Gasteiger partial charge in [-0.2, -0.15) is 0 Å². The van der Waals surface area contributed by atoms with E-state index in [1.807, 2.05) is 6.07 Å². The van der Waals surface area contributed by atoms with Gasteiger partial charge in [-0.1, -0.05) is 30.0 Å². The topological polar surface area (TPSA) is 75.3 Å². The van der Waals surface area contributed by atoms with Crippen molar-refractivity contribution in [3.63, 3.8) is 0 Å². The van der Waals surface area contributed by atoms with Crippen LogP contribution in [-0.2, 0) is 9.59 Å². The van der Waals surface area contributed by atoms with Gasteiger partial charge in [0.05, 0.1) is 0 Å². The van der Waals surface area contributed by atoms with Gasteiger partial charge in [-0.15, -0.1) is 0 Å². The highest BCUT2D eigenvalue weighted by molar-refractivity contribution is 8.13. The van der Waals surface area contributed by atoms with Crippen molar-refractivity contribution in [1.29, 1.82) is 0 Å². The first-order valence-corrected chi connectivity index (χ1v) is 7.31. The summed E-state index contributed by atoms with van der Waals surface area (Å²) in [4.78, 5) is 33.8. The molecule has 1 rings (SSSR count). The molecule has 0 aliphatic heterocycles. The molecule has 0 radical (unpaired) electrons. The highest BCUT2D eigenvalue weighted by atomic mass is 32.2. The molecule has 2 N–H and O–H groups in total. The van der Waals surface area contributed by atoms with Crippen molar-refractivity contribution in [1.82, 2.24) is 10.6 Å². The normalized spacial score (nSPS) is 9.85. The van der Waals surface area contributed by atoms with Crippen LogP contribution in [0.25, 0.3) is 0 Å². The predicted octanol–water partition coefficient (Wildman–Crippen LogP) is 1.20. The monoisotopic (exact) mass is 294 g/mol. The van der Waals surface area contributed by atoms with Crippen LogP contribution < -0.4 is 10.6 Å². The van der Waals surface area contributed by atoms with Crippen molar-refractivity contribution >= 4 is 28.7 Å². The summed E-state index contributed by atoms with van der Waals surface area (Å²) in [5, 5.41) is 5.31. The first-order chi connectivity index (χ1) is 9.59. The van der Waals surface area contributed by atoms with Gasteiger partial charge in [0.1, 0.15) is 0 Å². The van der Waals surface area contributed by atoms with Gasteiger partial charge in [0, 0.05) is 37.8 Å². The molecule has 0 aliphatic carbocycles. The third-order valence-corrected chi connectivity index (χ3v) is 3.32. The molecule has 108 valence electrons. The molecule has 0 unspecified atom stereocenters. The van der Waals surface area contributed by atoms with Crippen molar-refractivity contribution < 1.29 is 14.4 Å². The minimum Gasteiger partial charge on any atom is -0.356 e. The molecule has 0 saturated carbocycles. The Morgan fingerprint density at radius 2 is 1.75 bits per heavy atom. The summed E-state index contributed by atoms with van der Waals surface area (Å²) >= 11 is 1.16. The zero-order valence-corrected chi connectivity index (χ0v) is 12.2. The smallest absolute Gasteiger partial charge is 0.251 e. The highest BCUT2D eigenvalue weighted by Crippen LogP contribution is 2.04. The van der Waals surface area contributed by atoms with Crippen molar-refractivity contribution in [3.8, 4) is 0 Å². The van der Waals surface area contributed by atoms with Crippen LogP contribution in [0.5, 0.6) is 0 Å². The molecule has 2 amide bonds. The number of carbonyl (C=O) groups is 3. The molecule has 0 fully saturated rings. The van der Waals surface area contributed by atoms with E-state index in [-0.39, 0.29) is 23.4 Å². The summed E-state index contributed by atoms with van der Waals surface area (Å²) in [7, 11) is 0. The number of hydrogen-bond acceptors (Lipinski definition) is 4. The molecular formula is C14H18N2O3S. The third-order valence-electron chi connectivity index (χ3n) is 2.39. The Balaban J connectivity index is 2.13. The number of benzene rings is 1. The third kappa shape index (κ3) is 6.94. The summed E-state index contributed by atoms with van der Waals surface area (Å²) in [5.74, 6) is 0.264. The first kappa shape index (κ1) is 16.2. The van der Waals surface area contributed by atoms with Crippen LogP contribution in [0.1, 0.15) is 23.7 Å². The summed E-state index contributed by atoms with van der Waals surface area (Å²) in [6.07, 6.45) is 0.281. The predicted molar refractivity (Wildman–Crippen MR) is 79.5 cm³/mol. The first-order valence-electron chi connectivity index (χ1n) is 6.33. The number of thioether (sulfide) groups is 1. The number of rotatable bonds is 7. The lowest BCUT2D eigenvalue weighted by Gasteiger charge is -2.05. The minimum atomic E-state index is -0.179. The van der Waals surface area contributed by atoms with Gasteiger partial charge in [-0.05, 0) is 12.1 Å². The molecule has 20 heavy (non-hydrogen) atoms. The second-order valence-corrected chi connectivity index (χ2v) is 5.23.